The largest absolute Gasteiger partial charge is 0.480 e. The lowest BCUT2D eigenvalue weighted by Crippen LogP contribution is -2.48. The van der Waals surface area contributed by atoms with Crippen LogP contribution < -0.4 is 0 Å². The topological polar surface area (TPSA) is 105 Å². The highest BCUT2D eigenvalue weighted by Crippen LogP contribution is 2.27. The quantitative estimate of drug-likeness (QED) is 0.841. The molecule has 0 atom stereocenters. The minimum Gasteiger partial charge on any atom is -0.480 e. The molecule has 1 aromatic rings. The molecule has 0 aliphatic heterocycles. The van der Waals surface area contributed by atoms with E-state index >= 15 is 0 Å². The molecule has 0 radical (unpaired) electrons. The maximum atomic E-state index is 12.5. The van der Waals surface area contributed by atoms with E-state index in [1.54, 1.807) is 20.8 Å². The zero-order valence-electron chi connectivity index (χ0n) is 11.0. The normalized spacial score (nSPS) is 12.9. The first kappa shape index (κ1) is 16.1. The minimum absolute atomic E-state index is 0.0506. The van der Waals surface area contributed by atoms with Crippen LogP contribution in [0.2, 0.25) is 0 Å². The number of aryl methyl sites for hydroxylation is 1. The van der Waals surface area contributed by atoms with Crippen LogP contribution in [0.5, 0.6) is 0 Å². The number of nitrogens with zero attached hydrogens (tertiary/aromatic N) is 4. The van der Waals surface area contributed by atoms with Gasteiger partial charge in [0.25, 0.3) is 10.0 Å². The van der Waals surface area contributed by atoms with Crippen molar-refractivity contribution in [1.29, 1.82) is 0 Å². The maximum Gasteiger partial charge on any atom is 0.318 e. The molecule has 0 fully saturated rings. The van der Waals surface area contributed by atoms with Crippen molar-refractivity contribution < 1.29 is 18.3 Å². The van der Waals surface area contributed by atoms with E-state index < -0.39 is 28.1 Å². The molecule has 0 saturated heterocycles. The number of aliphatic carboxylic acids is 1. The van der Waals surface area contributed by atoms with E-state index in [-0.39, 0.29) is 9.63 Å². The van der Waals surface area contributed by atoms with Crippen molar-refractivity contribution in [1.82, 2.24) is 19.3 Å². The van der Waals surface area contributed by atoms with Gasteiger partial charge in [-0.15, -0.1) is 5.10 Å². The summed E-state index contributed by atoms with van der Waals surface area (Å²) in [7, 11) is -2.61. The molecular formula is C9H15BrN4O4S. The van der Waals surface area contributed by atoms with Crippen LogP contribution in [0.4, 0.5) is 0 Å². The lowest BCUT2D eigenvalue weighted by molar-refractivity contribution is -0.138. The van der Waals surface area contributed by atoms with Gasteiger partial charge in [0.1, 0.15) is 6.54 Å². The van der Waals surface area contributed by atoms with Crippen LogP contribution in [0.3, 0.4) is 0 Å². The smallest absolute Gasteiger partial charge is 0.318 e. The zero-order valence-corrected chi connectivity index (χ0v) is 13.4. The highest BCUT2D eigenvalue weighted by atomic mass is 79.9. The van der Waals surface area contributed by atoms with Gasteiger partial charge in [0.05, 0.1) is 0 Å². The summed E-state index contributed by atoms with van der Waals surface area (Å²) in [6, 6.07) is 0. The van der Waals surface area contributed by atoms with Crippen LogP contribution in [0.25, 0.3) is 0 Å². The summed E-state index contributed by atoms with van der Waals surface area (Å²) in [6.45, 7) is 4.21. The van der Waals surface area contributed by atoms with Gasteiger partial charge < -0.3 is 5.11 Å². The molecule has 8 nitrogen and oxygen atoms in total. The zero-order chi connectivity index (χ0) is 15.0. The predicted molar refractivity (Wildman–Crippen MR) is 70.0 cm³/mol. The molecular weight excluding hydrogens is 340 g/mol. The molecule has 1 aromatic heterocycles. The van der Waals surface area contributed by atoms with E-state index in [1.165, 1.54) is 7.05 Å². The van der Waals surface area contributed by atoms with Crippen molar-refractivity contribution in [3.63, 3.8) is 0 Å². The lowest BCUT2D eigenvalue weighted by atomic mass is 10.1. The molecule has 0 spiro atoms. The van der Waals surface area contributed by atoms with Gasteiger partial charge in [-0.05, 0) is 36.7 Å². The molecule has 1 heterocycles. The number of rotatable bonds is 4. The summed E-state index contributed by atoms with van der Waals surface area (Å²) in [5.41, 5.74) is -0.888. The number of carboxylic acids is 1. The fourth-order valence-electron chi connectivity index (χ4n) is 1.51. The second kappa shape index (κ2) is 5.17. The summed E-state index contributed by atoms with van der Waals surface area (Å²) < 4.78 is 27.1. The first-order valence-electron chi connectivity index (χ1n) is 5.27. The van der Waals surface area contributed by atoms with Crippen LogP contribution >= 0.6 is 15.9 Å². The SMILES string of the molecule is Cn1nnc(Br)c1S(=O)(=O)N(CC(=O)O)C(C)(C)C. The number of halogens is 1. The molecule has 0 aliphatic rings. The van der Waals surface area contributed by atoms with Gasteiger partial charge in [-0.3, -0.25) is 4.79 Å². The second-order valence-corrected chi connectivity index (χ2v) is 7.41. The number of aromatic nitrogens is 3. The van der Waals surface area contributed by atoms with Gasteiger partial charge in [0, 0.05) is 12.6 Å². The van der Waals surface area contributed by atoms with Crippen molar-refractivity contribution in [2.75, 3.05) is 6.54 Å². The minimum atomic E-state index is -4.03. The Kier molecular flexibility index (Phi) is 4.37. The van der Waals surface area contributed by atoms with E-state index in [2.05, 4.69) is 26.2 Å². The standard InChI is InChI=1S/C9H15BrN4O4S/c1-9(2,3)14(5-6(15)16)19(17,18)8-7(10)11-12-13(8)4/h5H2,1-4H3,(H,15,16). The van der Waals surface area contributed by atoms with Crippen molar-refractivity contribution >= 4 is 31.9 Å². The maximum absolute atomic E-state index is 12.5. The Morgan fingerprint density at radius 1 is 1.47 bits per heavy atom. The van der Waals surface area contributed by atoms with E-state index in [0.29, 0.717) is 0 Å². The molecule has 0 bridgehead atoms. The molecule has 1 N–H and O–H groups in total. The first-order chi connectivity index (χ1) is 8.48. The Morgan fingerprint density at radius 2 is 2.00 bits per heavy atom. The van der Waals surface area contributed by atoms with Crippen molar-refractivity contribution in [3.8, 4) is 0 Å². The van der Waals surface area contributed by atoms with Crippen LogP contribution in [0.1, 0.15) is 20.8 Å². The molecule has 0 amide bonds. The average molecular weight is 355 g/mol. The van der Waals surface area contributed by atoms with E-state index in [1.807, 2.05) is 0 Å². The fraction of sp³-hybridized carbons (Fsp3) is 0.667. The molecule has 1 rings (SSSR count). The summed E-state index contributed by atoms with van der Waals surface area (Å²) in [4.78, 5) is 10.9. The Hall–Kier alpha value is -1.00. The Balaban J connectivity index is 3.41. The average Bonchev–Trinajstić information content (AvgIpc) is 2.53. The van der Waals surface area contributed by atoms with Gasteiger partial charge in [-0.2, -0.15) is 4.31 Å². The van der Waals surface area contributed by atoms with Gasteiger partial charge in [-0.25, -0.2) is 13.1 Å². The van der Waals surface area contributed by atoms with Gasteiger partial charge >= 0.3 is 5.97 Å². The third-order valence-corrected chi connectivity index (χ3v) is 5.30. The molecule has 108 valence electrons. The van der Waals surface area contributed by atoms with Crippen molar-refractivity contribution in [2.45, 2.75) is 31.3 Å². The van der Waals surface area contributed by atoms with Crippen molar-refractivity contribution in [2.24, 2.45) is 7.05 Å². The first-order valence-corrected chi connectivity index (χ1v) is 7.51. The number of sulfonamides is 1. The number of hydrogen-bond acceptors (Lipinski definition) is 5. The Labute approximate surface area is 119 Å². The summed E-state index contributed by atoms with van der Waals surface area (Å²) in [6.07, 6.45) is 0. The monoisotopic (exact) mass is 354 g/mol. The van der Waals surface area contributed by atoms with E-state index in [0.717, 1.165) is 8.99 Å². The van der Waals surface area contributed by atoms with Crippen LogP contribution in [-0.4, -0.2) is 50.9 Å². The third-order valence-electron chi connectivity index (χ3n) is 2.30. The second-order valence-electron chi connectivity index (χ2n) is 4.89. The fourth-order valence-corrected chi connectivity index (χ4v) is 4.28. The highest BCUT2D eigenvalue weighted by Gasteiger charge is 2.39. The number of hydrogen-bond donors (Lipinski definition) is 1. The highest BCUT2D eigenvalue weighted by molar-refractivity contribution is 9.10. The number of carbonyl (C=O) groups is 1. The summed E-state index contributed by atoms with van der Waals surface area (Å²) in [5.74, 6) is -1.23. The molecule has 10 heteroatoms. The van der Waals surface area contributed by atoms with Gasteiger partial charge in [0.2, 0.25) is 5.03 Å². The predicted octanol–water partition coefficient (Wildman–Crippen LogP) is 0.451. The van der Waals surface area contributed by atoms with Crippen LogP contribution in [-0.2, 0) is 21.9 Å². The Bertz CT molecular complexity index is 570. The molecule has 0 saturated carbocycles. The Morgan fingerprint density at radius 3 is 2.32 bits per heavy atom. The third kappa shape index (κ3) is 3.31. The summed E-state index contributed by atoms with van der Waals surface area (Å²) >= 11 is 3.01. The van der Waals surface area contributed by atoms with E-state index in [9.17, 15) is 13.2 Å². The molecule has 0 unspecified atom stereocenters. The van der Waals surface area contributed by atoms with Gasteiger partial charge in [-0.1, -0.05) is 5.21 Å². The van der Waals surface area contributed by atoms with Gasteiger partial charge in [0.15, 0.2) is 4.60 Å². The van der Waals surface area contributed by atoms with E-state index in [4.69, 9.17) is 5.11 Å². The lowest BCUT2D eigenvalue weighted by Gasteiger charge is -2.32. The van der Waals surface area contributed by atoms with Crippen LogP contribution in [0.15, 0.2) is 9.63 Å². The van der Waals surface area contributed by atoms with Crippen molar-refractivity contribution in [3.05, 3.63) is 4.60 Å². The van der Waals surface area contributed by atoms with Crippen LogP contribution in [0, 0.1) is 0 Å². The summed E-state index contributed by atoms with van der Waals surface area (Å²) in [5, 5.41) is 15.9. The number of carboxylic acid groups (broad SMARTS) is 1. The molecule has 0 aliphatic carbocycles. The molecule has 0 aromatic carbocycles. The molecule has 19 heavy (non-hydrogen) atoms.